The van der Waals surface area contributed by atoms with E-state index in [0.29, 0.717) is 5.56 Å². The van der Waals surface area contributed by atoms with Crippen LogP contribution in [0.15, 0.2) is 53.0 Å². The van der Waals surface area contributed by atoms with Crippen molar-refractivity contribution < 1.29 is 23.5 Å². The second-order valence-corrected chi connectivity index (χ2v) is 7.42. The standard InChI is InChI=1S/C21H22BrFN2O4/c1-13(26)24-18(11-15-6-4-8-17(23)10-15)20(27)25-19(21(28)29-2)12-14-5-3-7-16(22)9-14/h3-10,18-19H,11-12H2,1-2H3,(H,24,26)(H,25,27)/t18-,19+/m1/s1. The number of ether oxygens (including phenoxy) is 1. The van der Waals surface area contributed by atoms with E-state index in [1.807, 2.05) is 24.3 Å². The van der Waals surface area contributed by atoms with Crippen molar-refractivity contribution in [1.29, 1.82) is 0 Å². The van der Waals surface area contributed by atoms with Crippen LogP contribution in [-0.4, -0.2) is 37.0 Å². The molecule has 2 amide bonds. The number of methoxy groups -OCH3 is 1. The first kappa shape index (κ1) is 22.5. The van der Waals surface area contributed by atoms with Gasteiger partial charge in [0.1, 0.15) is 17.9 Å². The van der Waals surface area contributed by atoms with Crippen molar-refractivity contribution in [2.75, 3.05) is 7.11 Å². The second kappa shape index (κ2) is 10.7. The Balaban J connectivity index is 2.17. The molecular formula is C21H22BrFN2O4. The van der Waals surface area contributed by atoms with Crippen LogP contribution in [0.1, 0.15) is 18.1 Å². The highest BCUT2D eigenvalue weighted by Crippen LogP contribution is 2.14. The molecule has 154 valence electrons. The van der Waals surface area contributed by atoms with E-state index in [9.17, 15) is 18.8 Å². The Hall–Kier alpha value is -2.74. The van der Waals surface area contributed by atoms with E-state index in [-0.39, 0.29) is 12.8 Å². The predicted molar refractivity (Wildman–Crippen MR) is 110 cm³/mol. The summed E-state index contributed by atoms with van der Waals surface area (Å²) in [6.07, 6.45) is 0.290. The van der Waals surface area contributed by atoms with Crippen molar-refractivity contribution >= 4 is 33.7 Å². The molecule has 2 N–H and O–H groups in total. The van der Waals surface area contributed by atoms with E-state index in [1.54, 1.807) is 6.07 Å². The van der Waals surface area contributed by atoms with Gasteiger partial charge in [0.2, 0.25) is 11.8 Å². The van der Waals surface area contributed by atoms with Crippen LogP contribution >= 0.6 is 15.9 Å². The van der Waals surface area contributed by atoms with Crippen LogP contribution in [0.2, 0.25) is 0 Å². The van der Waals surface area contributed by atoms with Crippen LogP contribution in [-0.2, 0) is 32.0 Å². The molecule has 0 aliphatic rings. The van der Waals surface area contributed by atoms with Crippen molar-refractivity contribution in [2.45, 2.75) is 31.8 Å². The molecule has 2 rings (SSSR count). The molecule has 29 heavy (non-hydrogen) atoms. The SMILES string of the molecule is COC(=O)[C@H](Cc1cccc(Br)c1)NC(=O)[C@@H](Cc1cccc(F)c1)NC(C)=O. The van der Waals surface area contributed by atoms with Gasteiger partial charge < -0.3 is 15.4 Å². The zero-order valence-corrected chi connectivity index (χ0v) is 17.7. The number of carbonyl (C=O) groups excluding carboxylic acids is 3. The number of benzene rings is 2. The summed E-state index contributed by atoms with van der Waals surface area (Å²) in [5.41, 5.74) is 1.36. The summed E-state index contributed by atoms with van der Waals surface area (Å²) < 4.78 is 19.1. The monoisotopic (exact) mass is 464 g/mol. The normalized spacial score (nSPS) is 12.6. The molecule has 0 aromatic heterocycles. The number of halogens is 2. The molecule has 0 spiro atoms. The summed E-state index contributed by atoms with van der Waals surface area (Å²) in [4.78, 5) is 36.6. The minimum atomic E-state index is -0.969. The maximum absolute atomic E-state index is 13.5. The van der Waals surface area contributed by atoms with Gasteiger partial charge in [0.25, 0.3) is 0 Å². The van der Waals surface area contributed by atoms with Gasteiger partial charge in [-0.05, 0) is 35.4 Å². The number of rotatable bonds is 8. The van der Waals surface area contributed by atoms with Gasteiger partial charge in [0, 0.05) is 24.2 Å². The first-order valence-corrected chi connectivity index (χ1v) is 9.72. The van der Waals surface area contributed by atoms with E-state index in [2.05, 4.69) is 26.6 Å². The highest BCUT2D eigenvalue weighted by Gasteiger charge is 2.27. The fourth-order valence-electron chi connectivity index (χ4n) is 2.86. The highest BCUT2D eigenvalue weighted by molar-refractivity contribution is 9.10. The van der Waals surface area contributed by atoms with Crippen LogP contribution in [0, 0.1) is 5.82 Å². The minimum Gasteiger partial charge on any atom is -0.467 e. The zero-order chi connectivity index (χ0) is 21.4. The quantitative estimate of drug-likeness (QED) is 0.587. The number of hydrogen-bond donors (Lipinski definition) is 2. The average Bonchev–Trinajstić information content (AvgIpc) is 2.66. The van der Waals surface area contributed by atoms with Gasteiger partial charge in [0.05, 0.1) is 7.11 Å². The van der Waals surface area contributed by atoms with E-state index in [4.69, 9.17) is 4.74 Å². The Bertz CT molecular complexity index is 890. The third-order valence-electron chi connectivity index (χ3n) is 4.15. The third-order valence-corrected chi connectivity index (χ3v) is 4.65. The molecular weight excluding hydrogens is 443 g/mol. The first-order valence-electron chi connectivity index (χ1n) is 8.92. The smallest absolute Gasteiger partial charge is 0.328 e. The van der Waals surface area contributed by atoms with Gasteiger partial charge in [-0.1, -0.05) is 40.2 Å². The number of nitrogens with one attached hydrogen (secondary N) is 2. The lowest BCUT2D eigenvalue weighted by Crippen LogP contribution is -2.53. The van der Waals surface area contributed by atoms with Crippen molar-refractivity contribution in [2.24, 2.45) is 0 Å². The summed E-state index contributed by atoms with van der Waals surface area (Å²) in [6.45, 7) is 1.28. The Morgan fingerprint density at radius 2 is 1.62 bits per heavy atom. The van der Waals surface area contributed by atoms with E-state index in [1.165, 1.54) is 32.2 Å². The molecule has 8 heteroatoms. The predicted octanol–water partition coefficient (Wildman–Crippen LogP) is 2.54. The lowest BCUT2D eigenvalue weighted by atomic mass is 10.0. The molecule has 0 unspecified atom stereocenters. The maximum Gasteiger partial charge on any atom is 0.328 e. The molecule has 0 aliphatic carbocycles. The van der Waals surface area contributed by atoms with Crippen LogP contribution in [0.4, 0.5) is 4.39 Å². The van der Waals surface area contributed by atoms with Gasteiger partial charge in [-0.25, -0.2) is 9.18 Å². The molecule has 0 saturated heterocycles. The van der Waals surface area contributed by atoms with E-state index >= 15 is 0 Å². The number of hydrogen-bond acceptors (Lipinski definition) is 4. The van der Waals surface area contributed by atoms with Crippen molar-refractivity contribution in [3.8, 4) is 0 Å². The van der Waals surface area contributed by atoms with E-state index < -0.39 is 35.7 Å². The molecule has 0 bridgehead atoms. The molecule has 0 radical (unpaired) electrons. The first-order chi connectivity index (χ1) is 13.8. The van der Waals surface area contributed by atoms with E-state index in [0.717, 1.165) is 10.0 Å². The molecule has 6 nitrogen and oxygen atoms in total. The Labute approximate surface area is 177 Å². The van der Waals surface area contributed by atoms with Gasteiger partial charge in [0.15, 0.2) is 0 Å². The second-order valence-electron chi connectivity index (χ2n) is 6.51. The summed E-state index contributed by atoms with van der Waals surface area (Å²) >= 11 is 3.37. The topological polar surface area (TPSA) is 84.5 Å². The summed E-state index contributed by atoms with van der Waals surface area (Å²) in [7, 11) is 1.24. The van der Waals surface area contributed by atoms with Crippen LogP contribution in [0.5, 0.6) is 0 Å². The molecule has 0 saturated carbocycles. The van der Waals surface area contributed by atoms with Crippen LogP contribution in [0.3, 0.4) is 0 Å². The lowest BCUT2D eigenvalue weighted by Gasteiger charge is -2.22. The van der Waals surface area contributed by atoms with Crippen molar-refractivity contribution in [3.63, 3.8) is 0 Å². The Morgan fingerprint density at radius 3 is 2.21 bits per heavy atom. The number of amides is 2. The molecule has 2 aromatic carbocycles. The average molecular weight is 465 g/mol. The van der Waals surface area contributed by atoms with Gasteiger partial charge in [-0.3, -0.25) is 9.59 Å². The van der Waals surface area contributed by atoms with Gasteiger partial charge >= 0.3 is 5.97 Å². The van der Waals surface area contributed by atoms with Gasteiger partial charge in [-0.2, -0.15) is 0 Å². The van der Waals surface area contributed by atoms with Crippen LogP contribution in [0.25, 0.3) is 0 Å². The number of esters is 1. The lowest BCUT2D eigenvalue weighted by molar-refractivity contribution is -0.145. The fraction of sp³-hybridized carbons (Fsp3) is 0.286. The highest BCUT2D eigenvalue weighted by atomic mass is 79.9. The maximum atomic E-state index is 13.5. The molecule has 2 aromatic rings. The molecule has 0 aliphatic heterocycles. The number of carbonyl (C=O) groups is 3. The fourth-order valence-corrected chi connectivity index (χ4v) is 3.31. The minimum absolute atomic E-state index is 0.0773. The Kier molecular flexibility index (Phi) is 8.33. The summed E-state index contributed by atoms with van der Waals surface area (Å²) in [5, 5.41) is 5.19. The zero-order valence-electron chi connectivity index (χ0n) is 16.1. The molecule has 0 fully saturated rings. The molecule has 0 heterocycles. The van der Waals surface area contributed by atoms with Crippen molar-refractivity contribution in [3.05, 3.63) is 69.9 Å². The molecule has 2 atom stereocenters. The largest absolute Gasteiger partial charge is 0.467 e. The van der Waals surface area contributed by atoms with Gasteiger partial charge in [-0.15, -0.1) is 0 Å². The summed E-state index contributed by atoms with van der Waals surface area (Å²) in [5.74, 6) is -2.02. The van der Waals surface area contributed by atoms with Crippen molar-refractivity contribution in [1.82, 2.24) is 10.6 Å². The summed E-state index contributed by atoms with van der Waals surface area (Å²) in [6, 6.07) is 11.2. The third kappa shape index (κ3) is 7.30. The Morgan fingerprint density at radius 1 is 1.00 bits per heavy atom. The van der Waals surface area contributed by atoms with Crippen LogP contribution < -0.4 is 10.6 Å².